The average molecular weight is 485 g/mol. The van der Waals surface area contributed by atoms with Crippen molar-refractivity contribution in [3.63, 3.8) is 0 Å². The molecule has 12 nitrogen and oxygen atoms in total. The number of para-hydroxylation sites is 1. The number of ether oxygens (including phenoxy) is 1. The van der Waals surface area contributed by atoms with Crippen LogP contribution >= 0.6 is 0 Å². The van der Waals surface area contributed by atoms with E-state index in [0.29, 0.717) is 42.1 Å². The number of aromatic hydroxyl groups is 1. The van der Waals surface area contributed by atoms with Crippen LogP contribution in [0.15, 0.2) is 57.7 Å². The second-order valence-electron chi connectivity index (χ2n) is 7.79. The maximum Gasteiger partial charge on any atom is 0.443 e. The fourth-order valence-corrected chi connectivity index (χ4v) is 3.64. The van der Waals surface area contributed by atoms with E-state index in [4.69, 9.17) is 14.4 Å². The van der Waals surface area contributed by atoms with Crippen molar-refractivity contribution in [2.45, 2.75) is 13.0 Å². The lowest BCUT2D eigenvalue weighted by molar-refractivity contribution is -0.118. The van der Waals surface area contributed by atoms with Crippen molar-refractivity contribution >= 4 is 11.7 Å². The van der Waals surface area contributed by atoms with E-state index < -0.39 is 5.76 Å². The number of rotatable bonds is 7. The van der Waals surface area contributed by atoms with Crippen LogP contribution in [0.2, 0.25) is 0 Å². The Morgan fingerprint density at radius 3 is 2.86 bits per heavy atom. The van der Waals surface area contributed by atoms with Gasteiger partial charge in [0.25, 0.3) is 5.91 Å². The minimum atomic E-state index is -0.710. The number of aromatic nitrogens is 4. The predicted molar refractivity (Wildman–Crippen MR) is 125 cm³/mol. The van der Waals surface area contributed by atoms with E-state index in [0.717, 1.165) is 4.68 Å². The van der Waals surface area contributed by atoms with E-state index >= 15 is 0 Å². The number of nitrogens with one attached hydrogen (secondary N) is 2. The highest BCUT2D eigenvalue weighted by Crippen LogP contribution is 2.31. The number of nitrogens with zero attached hydrogens (tertiary/aromatic N) is 5. The van der Waals surface area contributed by atoms with Crippen LogP contribution in [-0.4, -0.2) is 43.9 Å². The molecule has 0 bridgehead atoms. The molecule has 5 rings (SSSR count). The Hall–Kier alpha value is -5.02. The lowest BCUT2D eigenvalue weighted by atomic mass is 10.0. The van der Waals surface area contributed by atoms with Crippen LogP contribution in [0.1, 0.15) is 17.1 Å². The molecule has 0 saturated heterocycles. The van der Waals surface area contributed by atoms with Gasteiger partial charge in [0.15, 0.2) is 24.0 Å². The average Bonchev–Trinajstić information content (AvgIpc) is 3.27. The number of phenols is 1. The van der Waals surface area contributed by atoms with Crippen LogP contribution in [0.3, 0.4) is 0 Å². The zero-order valence-corrected chi connectivity index (χ0v) is 18.8. The molecule has 3 N–H and O–H groups in total. The van der Waals surface area contributed by atoms with Crippen LogP contribution in [0.4, 0.5) is 5.82 Å². The zero-order chi connectivity index (χ0) is 25.1. The summed E-state index contributed by atoms with van der Waals surface area (Å²) in [6, 6.07) is 15.5. The summed E-state index contributed by atoms with van der Waals surface area (Å²) in [6.07, 6.45) is 0.305. The molecule has 0 spiro atoms. The number of phenolic OH excluding ortho intramolecular Hbond substituents is 1. The van der Waals surface area contributed by atoms with Crippen molar-refractivity contribution in [3.8, 4) is 34.6 Å². The number of fused-ring (bicyclic) bond motifs is 1. The molecule has 4 aromatic rings. The molecule has 0 saturated carbocycles. The Labute approximate surface area is 203 Å². The zero-order valence-electron chi connectivity index (χ0n) is 18.8. The van der Waals surface area contributed by atoms with E-state index in [-0.39, 0.29) is 41.5 Å². The van der Waals surface area contributed by atoms with Crippen molar-refractivity contribution in [3.05, 3.63) is 76.2 Å². The van der Waals surface area contributed by atoms with Crippen molar-refractivity contribution in [2.75, 3.05) is 18.5 Å². The van der Waals surface area contributed by atoms with Gasteiger partial charge in [-0.15, -0.1) is 9.78 Å². The second-order valence-corrected chi connectivity index (χ2v) is 7.79. The van der Waals surface area contributed by atoms with Gasteiger partial charge in [0.2, 0.25) is 5.89 Å². The van der Waals surface area contributed by atoms with Crippen LogP contribution in [0, 0.1) is 11.3 Å². The fourth-order valence-electron chi connectivity index (χ4n) is 3.64. The largest absolute Gasteiger partial charge is 0.507 e. The number of carbonyl (C=O) groups excluding carboxylic acids is 1. The molecule has 180 valence electrons. The van der Waals surface area contributed by atoms with Gasteiger partial charge < -0.3 is 24.9 Å². The molecule has 0 unspecified atom stereocenters. The lowest BCUT2D eigenvalue weighted by Gasteiger charge is -2.16. The summed E-state index contributed by atoms with van der Waals surface area (Å²) < 4.78 is 11.5. The van der Waals surface area contributed by atoms with Crippen molar-refractivity contribution in [1.82, 2.24) is 25.1 Å². The van der Waals surface area contributed by atoms with Gasteiger partial charge in [-0.2, -0.15) is 5.26 Å². The highest BCUT2D eigenvalue weighted by molar-refractivity contribution is 5.94. The molecule has 12 heteroatoms. The summed E-state index contributed by atoms with van der Waals surface area (Å²) in [5.74, 6) is 0.00982. The van der Waals surface area contributed by atoms with Crippen LogP contribution in [0.5, 0.6) is 11.5 Å². The second kappa shape index (κ2) is 9.69. The summed E-state index contributed by atoms with van der Waals surface area (Å²) >= 11 is 0. The molecule has 4 heterocycles. The number of hydrogen-bond donors (Lipinski definition) is 3. The number of carbonyl (C=O) groups is 1. The van der Waals surface area contributed by atoms with Gasteiger partial charge in [-0.25, -0.2) is 14.8 Å². The topological polar surface area (TPSA) is 168 Å². The Bertz CT molecular complexity index is 1550. The number of benzene rings is 1. The van der Waals surface area contributed by atoms with E-state index in [9.17, 15) is 14.7 Å². The van der Waals surface area contributed by atoms with Gasteiger partial charge in [0, 0.05) is 30.6 Å². The minimum absolute atomic E-state index is 0.0676. The quantitative estimate of drug-likeness (QED) is 0.326. The first-order chi connectivity index (χ1) is 17.5. The Morgan fingerprint density at radius 2 is 2.00 bits per heavy atom. The van der Waals surface area contributed by atoms with E-state index in [1.807, 2.05) is 6.07 Å². The normalized spacial score (nSPS) is 12.4. The van der Waals surface area contributed by atoms with Crippen LogP contribution < -0.4 is 21.1 Å². The standard InChI is InChI=1S/C24H19N7O5/c25-11-15-4-2-6-17(27-15)16-5-1-3-14(22(16)33)12-26-10-9-21-30-31(24(34)36-21)19-8-7-18-23(28-19)29-20(32)13-35-18/h1-8,26,33H,9-10,12-13H2,(H,28,29,32). The molecule has 0 aliphatic carbocycles. The lowest BCUT2D eigenvalue weighted by Crippen LogP contribution is -2.27. The van der Waals surface area contributed by atoms with Gasteiger partial charge in [-0.3, -0.25) is 4.79 Å². The van der Waals surface area contributed by atoms with Crippen LogP contribution in [0.25, 0.3) is 17.1 Å². The summed E-state index contributed by atoms with van der Waals surface area (Å²) in [7, 11) is 0. The predicted octanol–water partition coefficient (Wildman–Crippen LogP) is 1.52. The first-order valence-electron chi connectivity index (χ1n) is 10.9. The smallest absolute Gasteiger partial charge is 0.443 e. The molecule has 1 aromatic carbocycles. The van der Waals surface area contributed by atoms with Crippen molar-refractivity contribution in [1.29, 1.82) is 5.26 Å². The third-order valence-electron chi connectivity index (χ3n) is 5.36. The molecular formula is C24H19N7O5. The maximum atomic E-state index is 12.3. The van der Waals surface area contributed by atoms with Gasteiger partial charge in [-0.1, -0.05) is 18.2 Å². The third-order valence-corrected chi connectivity index (χ3v) is 5.36. The summed E-state index contributed by atoms with van der Waals surface area (Å²) in [5, 5.41) is 29.7. The third kappa shape index (κ3) is 4.63. The number of hydrogen-bond acceptors (Lipinski definition) is 10. The van der Waals surface area contributed by atoms with E-state index in [2.05, 4.69) is 25.7 Å². The first-order valence-corrected chi connectivity index (χ1v) is 10.9. The SMILES string of the molecule is N#Cc1cccc(-c2cccc(CNCCc3nn(-c4ccc5c(n4)NC(=O)CO5)c(=O)o3)c2O)n1. The summed E-state index contributed by atoms with van der Waals surface area (Å²) in [4.78, 5) is 32.3. The molecule has 0 fully saturated rings. The van der Waals surface area contributed by atoms with E-state index in [1.165, 1.54) is 0 Å². The highest BCUT2D eigenvalue weighted by Gasteiger charge is 2.19. The highest BCUT2D eigenvalue weighted by atomic mass is 16.5. The molecule has 1 aliphatic heterocycles. The molecule has 36 heavy (non-hydrogen) atoms. The van der Waals surface area contributed by atoms with E-state index in [1.54, 1.807) is 48.5 Å². The molecule has 3 aromatic heterocycles. The minimum Gasteiger partial charge on any atom is -0.507 e. The number of pyridine rings is 2. The summed E-state index contributed by atoms with van der Waals surface area (Å²) in [6.45, 7) is 0.657. The molecular weight excluding hydrogens is 466 g/mol. The Morgan fingerprint density at radius 1 is 1.14 bits per heavy atom. The number of amides is 1. The molecule has 0 atom stereocenters. The first kappa shape index (κ1) is 22.8. The summed E-state index contributed by atoms with van der Waals surface area (Å²) in [5.41, 5.74) is 1.93. The Kier molecular flexibility index (Phi) is 6.12. The van der Waals surface area contributed by atoms with Gasteiger partial charge in [0.1, 0.15) is 17.5 Å². The van der Waals surface area contributed by atoms with Gasteiger partial charge in [-0.05, 0) is 30.3 Å². The molecule has 0 radical (unpaired) electrons. The van der Waals surface area contributed by atoms with Crippen molar-refractivity contribution in [2.24, 2.45) is 0 Å². The number of anilines is 1. The van der Waals surface area contributed by atoms with Crippen molar-refractivity contribution < 1.29 is 19.1 Å². The molecule has 1 amide bonds. The van der Waals surface area contributed by atoms with Crippen LogP contribution in [-0.2, 0) is 17.8 Å². The van der Waals surface area contributed by atoms with Gasteiger partial charge in [0.05, 0.1) is 5.69 Å². The monoisotopic (exact) mass is 485 g/mol. The van der Waals surface area contributed by atoms with Gasteiger partial charge >= 0.3 is 5.76 Å². The maximum absolute atomic E-state index is 12.3. The number of nitriles is 1. The Balaban J connectivity index is 1.23. The fraction of sp³-hybridized carbons (Fsp3) is 0.167. The molecule has 1 aliphatic rings.